The summed E-state index contributed by atoms with van der Waals surface area (Å²) in [5.74, 6) is 0. The number of rotatable bonds is 3. The molecule has 0 aromatic carbocycles. The van der Waals surface area contributed by atoms with Crippen molar-refractivity contribution in [3.63, 3.8) is 0 Å². The maximum atomic E-state index is 10.3. The van der Waals surface area contributed by atoms with Crippen LogP contribution in [0.4, 0.5) is 0 Å². The van der Waals surface area contributed by atoms with Crippen LogP contribution in [0.1, 0.15) is 13.3 Å². The summed E-state index contributed by atoms with van der Waals surface area (Å²) in [5, 5.41) is 0. The number of nitrogens with zero attached hydrogens (tertiary/aromatic N) is 1. The van der Waals surface area contributed by atoms with E-state index >= 15 is 0 Å². The van der Waals surface area contributed by atoms with Crippen molar-refractivity contribution < 1.29 is 38.6 Å². The average Bonchev–Trinajstić information content (AvgIpc) is 2.43. The van der Waals surface area contributed by atoms with Gasteiger partial charge in [0.05, 0.1) is 0 Å². The van der Waals surface area contributed by atoms with E-state index < -0.39 is 17.6 Å². The van der Waals surface area contributed by atoms with Crippen LogP contribution in [0.5, 0.6) is 0 Å². The standard InChI is InChI=1S/C5H5.C2H5.NO.2W/c1-2-4-5-3-1;2*1-2;;/h1-3H,4H2;1H2,2H3;;;/q;;-1;;+1. The molecule has 0 fully saturated rings. The van der Waals surface area contributed by atoms with Gasteiger partial charge in [0.1, 0.15) is 0 Å². The van der Waals surface area contributed by atoms with Crippen LogP contribution < -0.4 is 0 Å². The van der Waals surface area contributed by atoms with Crippen molar-refractivity contribution in [3.8, 4) is 0 Å². The minimum atomic E-state index is -1.89. The third-order valence-electron chi connectivity index (χ3n) is 1.40. The molecule has 0 N–H and O–H groups in total. The summed E-state index contributed by atoms with van der Waals surface area (Å²) in [6, 6.07) is 0. The third kappa shape index (κ3) is 3.13. The van der Waals surface area contributed by atoms with Gasteiger partial charge < -0.3 is 0 Å². The van der Waals surface area contributed by atoms with Crippen LogP contribution >= 0.6 is 0 Å². The van der Waals surface area contributed by atoms with E-state index in [1.165, 1.54) is 3.96 Å². The van der Waals surface area contributed by atoms with E-state index in [1.54, 1.807) is 0 Å². The van der Waals surface area contributed by atoms with Crippen molar-refractivity contribution in [1.29, 1.82) is 0 Å². The van der Waals surface area contributed by atoms with Crippen LogP contribution in [0.15, 0.2) is 25.9 Å². The Labute approximate surface area is 87.2 Å². The Kier molecular flexibility index (Phi) is 6.28. The van der Waals surface area contributed by atoms with Crippen LogP contribution in [0, 0.1) is 4.91 Å². The molecule has 0 spiro atoms. The van der Waals surface area contributed by atoms with Crippen LogP contribution in [-0.4, -0.2) is 0 Å². The summed E-state index contributed by atoms with van der Waals surface area (Å²) in [5.41, 5.74) is 0. The van der Waals surface area contributed by atoms with Crippen LogP contribution in [0.3, 0.4) is 0 Å². The summed E-state index contributed by atoms with van der Waals surface area (Å²) in [7, 11) is 0. The van der Waals surface area contributed by atoms with E-state index in [0.29, 0.717) is 0 Å². The summed E-state index contributed by atoms with van der Waals surface area (Å²) in [4.78, 5) is 11.3. The summed E-state index contributed by atoms with van der Waals surface area (Å²) < 4.78 is 4.57. The molecular weight excluding hydrogens is 482 g/mol. The molecule has 0 bridgehead atoms. The first-order chi connectivity index (χ1) is 4.88. The second kappa shape index (κ2) is 6.03. The molecule has 0 atom stereocenters. The Morgan fingerprint density at radius 3 is 2.82 bits per heavy atom. The van der Waals surface area contributed by atoms with Gasteiger partial charge in [0.15, 0.2) is 0 Å². The molecule has 0 radical (unpaired) electrons. The molecule has 0 aromatic heterocycles. The molecule has 0 heterocycles. The number of hydrogen-bond donors (Lipinski definition) is 0. The molecule has 1 rings (SSSR count). The van der Waals surface area contributed by atoms with Crippen molar-refractivity contribution in [2.75, 3.05) is 0 Å². The first kappa shape index (κ1) is 11.5. The van der Waals surface area contributed by atoms with Crippen molar-refractivity contribution in [3.05, 3.63) is 27.1 Å². The van der Waals surface area contributed by atoms with Crippen molar-refractivity contribution in [2.24, 2.45) is 3.74 Å². The Morgan fingerprint density at radius 1 is 1.73 bits per heavy atom. The molecule has 0 saturated heterocycles. The molecule has 0 saturated carbocycles. The first-order valence-electron chi connectivity index (χ1n) is 3.28. The maximum absolute atomic E-state index is 10.3. The normalized spacial score (nSPS) is 14.5. The van der Waals surface area contributed by atoms with Gasteiger partial charge in [-0.3, -0.25) is 0 Å². The van der Waals surface area contributed by atoms with E-state index in [1.807, 2.05) is 6.08 Å². The van der Waals surface area contributed by atoms with Gasteiger partial charge in [0.2, 0.25) is 0 Å². The second-order valence-corrected chi connectivity index (χ2v) is 9.11. The molecule has 1 aliphatic carbocycles. The molecule has 4 heteroatoms. The van der Waals surface area contributed by atoms with Gasteiger partial charge in [-0.1, -0.05) is 0 Å². The van der Waals surface area contributed by atoms with Crippen LogP contribution in [0.25, 0.3) is 0 Å². The fourth-order valence-electron chi connectivity index (χ4n) is 0.888. The topological polar surface area (TPSA) is 29.4 Å². The van der Waals surface area contributed by atoms with E-state index in [0.717, 1.165) is 11.2 Å². The molecular formula is C7H10NOW2. The Morgan fingerprint density at radius 2 is 2.45 bits per heavy atom. The minimum absolute atomic E-state index is 0. The molecule has 0 unspecified atom stereocenters. The predicted octanol–water partition coefficient (Wildman–Crippen LogP) is 2.57. The largest absolute Gasteiger partial charge is 0 e. The SMILES string of the molecule is C[CH2][W]([N]=O)[C]1=CC=CC1.[W]. The number of hydrogen-bond acceptors (Lipinski definition) is 2. The average molecular weight is 492 g/mol. The van der Waals surface area contributed by atoms with Gasteiger partial charge in [0.25, 0.3) is 0 Å². The minimum Gasteiger partial charge on any atom is 0 e. The summed E-state index contributed by atoms with van der Waals surface area (Å²) >= 11 is -1.89. The van der Waals surface area contributed by atoms with E-state index in [9.17, 15) is 4.91 Å². The molecule has 2 nitrogen and oxygen atoms in total. The molecule has 11 heavy (non-hydrogen) atoms. The van der Waals surface area contributed by atoms with Gasteiger partial charge in [-0.25, -0.2) is 0 Å². The first-order valence-corrected chi connectivity index (χ1v) is 8.13. The second-order valence-electron chi connectivity index (χ2n) is 1.99. The zero-order valence-corrected chi connectivity index (χ0v) is 12.2. The van der Waals surface area contributed by atoms with Crippen molar-refractivity contribution >= 4 is 0 Å². The van der Waals surface area contributed by atoms with Crippen LogP contribution in [-0.2, 0) is 38.6 Å². The van der Waals surface area contributed by atoms with Crippen molar-refractivity contribution in [1.82, 2.24) is 0 Å². The van der Waals surface area contributed by atoms with Gasteiger partial charge in [0, 0.05) is 21.1 Å². The smallest absolute Gasteiger partial charge is 0 e. The Balaban J connectivity index is 0.000001000. The summed E-state index contributed by atoms with van der Waals surface area (Å²) in [6.45, 7) is 2.06. The quantitative estimate of drug-likeness (QED) is 0.558. The molecule has 0 aromatic rings. The van der Waals surface area contributed by atoms with E-state index in [4.69, 9.17) is 0 Å². The Hall–Kier alpha value is 0.457. The number of allylic oxidation sites excluding steroid dienone is 4. The van der Waals surface area contributed by atoms with Crippen molar-refractivity contribution in [2.45, 2.75) is 18.2 Å². The van der Waals surface area contributed by atoms with Gasteiger partial charge >= 0.3 is 66.5 Å². The molecule has 1 aliphatic rings. The fourth-order valence-corrected chi connectivity index (χ4v) is 4.83. The molecule has 0 amide bonds. The van der Waals surface area contributed by atoms with E-state index in [-0.39, 0.29) is 21.1 Å². The zero-order chi connectivity index (χ0) is 7.40. The Bertz CT molecular complexity index is 189. The van der Waals surface area contributed by atoms with E-state index in [2.05, 4.69) is 22.8 Å². The fraction of sp³-hybridized carbons (Fsp3) is 0.429. The van der Waals surface area contributed by atoms with Gasteiger partial charge in [-0.2, -0.15) is 0 Å². The molecule has 61 valence electrons. The monoisotopic (exact) mass is 492 g/mol. The zero-order valence-electron chi connectivity index (χ0n) is 6.32. The van der Waals surface area contributed by atoms with Crippen LogP contribution in [0.2, 0.25) is 4.81 Å². The maximum Gasteiger partial charge on any atom is 0 e. The molecule has 0 aliphatic heterocycles. The number of nitroso groups, excluding NO2 is 1. The predicted molar refractivity (Wildman–Crippen MR) is 38.1 cm³/mol. The van der Waals surface area contributed by atoms with Gasteiger partial charge in [-0.05, 0) is 0 Å². The summed E-state index contributed by atoms with van der Waals surface area (Å²) in [6.07, 6.45) is 7.18. The van der Waals surface area contributed by atoms with Gasteiger partial charge in [-0.15, -0.1) is 0 Å². The third-order valence-corrected chi connectivity index (χ3v) is 7.28.